The van der Waals surface area contributed by atoms with E-state index >= 15 is 0 Å². The SMILES string of the molecule is N#CCC1(COC(C(F)(F)F)C(F)(F)F)CC1. The summed E-state index contributed by atoms with van der Waals surface area (Å²) in [6.07, 6.45) is -14.0. The first-order chi connectivity index (χ1) is 7.61. The Morgan fingerprint density at radius 1 is 1.12 bits per heavy atom. The topological polar surface area (TPSA) is 33.0 Å². The second kappa shape index (κ2) is 4.37. The van der Waals surface area contributed by atoms with E-state index in [0.29, 0.717) is 12.8 Å². The van der Waals surface area contributed by atoms with Gasteiger partial charge in [0.25, 0.3) is 0 Å². The van der Waals surface area contributed by atoms with Crippen molar-refractivity contribution in [2.75, 3.05) is 6.61 Å². The van der Waals surface area contributed by atoms with Crippen molar-refractivity contribution in [3.8, 4) is 6.07 Å². The average Bonchev–Trinajstić information content (AvgIpc) is 2.80. The first-order valence-electron chi connectivity index (χ1n) is 4.73. The van der Waals surface area contributed by atoms with E-state index < -0.39 is 30.5 Å². The third-order valence-corrected chi connectivity index (χ3v) is 2.56. The zero-order chi connectivity index (χ0) is 13.3. The third-order valence-electron chi connectivity index (χ3n) is 2.56. The van der Waals surface area contributed by atoms with Crippen LogP contribution in [0, 0.1) is 16.7 Å². The van der Waals surface area contributed by atoms with Crippen LogP contribution in [0.2, 0.25) is 0 Å². The smallest absolute Gasteiger partial charge is 0.360 e. The number of hydrogen-bond acceptors (Lipinski definition) is 2. The van der Waals surface area contributed by atoms with Crippen molar-refractivity contribution in [3.05, 3.63) is 0 Å². The van der Waals surface area contributed by atoms with Gasteiger partial charge in [0.2, 0.25) is 6.10 Å². The number of alkyl halides is 6. The normalized spacial score (nSPS) is 19.2. The van der Waals surface area contributed by atoms with Crippen molar-refractivity contribution >= 4 is 0 Å². The lowest BCUT2D eigenvalue weighted by molar-refractivity contribution is -0.324. The van der Waals surface area contributed by atoms with Crippen LogP contribution in [0.5, 0.6) is 0 Å². The molecule has 0 heterocycles. The quantitative estimate of drug-likeness (QED) is 0.728. The molecular weight excluding hydrogens is 252 g/mol. The standard InChI is InChI=1S/C9H9F6NO/c10-8(11,12)6(9(13,14)15)17-5-7(1-2-7)3-4-16/h6H,1-3,5H2. The van der Waals surface area contributed by atoms with Gasteiger partial charge in [-0.25, -0.2) is 0 Å². The van der Waals surface area contributed by atoms with E-state index in [4.69, 9.17) is 5.26 Å². The zero-order valence-corrected chi connectivity index (χ0v) is 8.53. The number of nitrogens with zero attached hydrogens (tertiary/aromatic N) is 1. The highest BCUT2D eigenvalue weighted by Crippen LogP contribution is 2.50. The summed E-state index contributed by atoms with van der Waals surface area (Å²) in [5.74, 6) is 0. The van der Waals surface area contributed by atoms with E-state index in [1.54, 1.807) is 6.07 Å². The number of ether oxygens (including phenoxy) is 1. The van der Waals surface area contributed by atoms with Crippen LogP contribution in [0.15, 0.2) is 0 Å². The second-order valence-electron chi connectivity index (χ2n) is 4.11. The average molecular weight is 261 g/mol. The van der Waals surface area contributed by atoms with Crippen molar-refractivity contribution in [3.63, 3.8) is 0 Å². The van der Waals surface area contributed by atoms with Gasteiger partial charge >= 0.3 is 12.4 Å². The molecule has 98 valence electrons. The van der Waals surface area contributed by atoms with Gasteiger partial charge in [-0.15, -0.1) is 0 Å². The molecule has 1 aliphatic carbocycles. The van der Waals surface area contributed by atoms with Gasteiger partial charge in [-0.3, -0.25) is 0 Å². The Morgan fingerprint density at radius 3 is 1.88 bits per heavy atom. The minimum Gasteiger partial charge on any atom is -0.360 e. The molecule has 0 N–H and O–H groups in total. The fourth-order valence-corrected chi connectivity index (χ4v) is 1.35. The van der Waals surface area contributed by atoms with Crippen molar-refractivity contribution in [2.24, 2.45) is 5.41 Å². The third kappa shape index (κ3) is 3.77. The lowest BCUT2D eigenvalue weighted by Gasteiger charge is -2.24. The lowest BCUT2D eigenvalue weighted by Crippen LogP contribution is -2.45. The summed E-state index contributed by atoms with van der Waals surface area (Å²) in [5, 5.41) is 8.38. The predicted octanol–water partition coefficient (Wildman–Crippen LogP) is 3.19. The van der Waals surface area contributed by atoms with Crippen LogP contribution < -0.4 is 0 Å². The first-order valence-corrected chi connectivity index (χ1v) is 4.73. The first kappa shape index (κ1) is 14.1. The lowest BCUT2D eigenvalue weighted by atomic mass is 10.1. The Morgan fingerprint density at radius 2 is 1.59 bits per heavy atom. The molecule has 0 saturated heterocycles. The summed E-state index contributed by atoms with van der Waals surface area (Å²) < 4.78 is 76.5. The van der Waals surface area contributed by atoms with Gasteiger partial charge in [0.05, 0.1) is 12.7 Å². The molecule has 0 aromatic carbocycles. The highest BCUT2D eigenvalue weighted by Gasteiger charge is 2.59. The summed E-state index contributed by atoms with van der Waals surface area (Å²) >= 11 is 0. The van der Waals surface area contributed by atoms with Gasteiger partial charge in [0.1, 0.15) is 0 Å². The van der Waals surface area contributed by atoms with Gasteiger partial charge < -0.3 is 4.74 Å². The van der Waals surface area contributed by atoms with Crippen molar-refractivity contribution in [1.82, 2.24) is 0 Å². The fourth-order valence-electron chi connectivity index (χ4n) is 1.35. The molecule has 0 radical (unpaired) electrons. The van der Waals surface area contributed by atoms with Gasteiger partial charge in [0.15, 0.2) is 0 Å². The molecule has 1 aliphatic rings. The zero-order valence-electron chi connectivity index (χ0n) is 8.53. The molecule has 17 heavy (non-hydrogen) atoms. The maximum absolute atomic E-state index is 12.1. The van der Waals surface area contributed by atoms with Gasteiger partial charge in [-0.05, 0) is 12.8 Å². The Hall–Kier alpha value is -0.970. The summed E-state index contributed by atoms with van der Waals surface area (Å²) in [6, 6.07) is 1.73. The maximum Gasteiger partial charge on any atom is 0.423 e. The van der Waals surface area contributed by atoms with E-state index in [1.807, 2.05) is 0 Å². The number of hydrogen-bond donors (Lipinski definition) is 0. The van der Waals surface area contributed by atoms with Crippen LogP contribution in [-0.2, 0) is 4.74 Å². The Labute approximate surface area is 93.2 Å². The van der Waals surface area contributed by atoms with Crippen LogP contribution >= 0.6 is 0 Å². The molecule has 2 nitrogen and oxygen atoms in total. The molecule has 0 aromatic rings. The summed E-state index contributed by atoms with van der Waals surface area (Å²) in [4.78, 5) is 0. The molecule has 8 heteroatoms. The molecule has 0 atom stereocenters. The fraction of sp³-hybridized carbons (Fsp3) is 0.889. The highest BCUT2D eigenvalue weighted by atomic mass is 19.4. The summed E-state index contributed by atoms with van der Waals surface area (Å²) in [6.45, 7) is -0.690. The summed E-state index contributed by atoms with van der Waals surface area (Å²) in [7, 11) is 0. The van der Waals surface area contributed by atoms with Gasteiger partial charge in [-0.2, -0.15) is 31.6 Å². The van der Waals surface area contributed by atoms with Crippen molar-refractivity contribution in [1.29, 1.82) is 5.26 Å². The molecule has 1 fully saturated rings. The largest absolute Gasteiger partial charge is 0.423 e. The number of halogens is 6. The van der Waals surface area contributed by atoms with E-state index in [-0.39, 0.29) is 6.42 Å². The highest BCUT2D eigenvalue weighted by molar-refractivity contribution is 4.99. The monoisotopic (exact) mass is 261 g/mol. The predicted molar refractivity (Wildman–Crippen MR) is 43.7 cm³/mol. The van der Waals surface area contributed by atoms with E-state index in [0.717, 1.165) is 0 Å². The maximum atomic E-state index is 12.1. The van der Waals surface area contributed by atoms with E-state index in [9.17, 15) is 26.3 Å². The molecule has 0 aromatic heterocycles. The number of rotatable bonds is 4. The molecule has 0 unspecified atom stereocenters. The van der Waals surface area contributed by atoms with Crippen LogP contribution in [0.25, 0.3) is 0 Å². The van der Waals surface area contributed by atoms with Gasteiger partial charge in [0, 0.05) is 11.8 Å². The van der Waals surface area contributed by atoms with Crippen LogP contribution in [0.3, 0.4) is 0 Å². The number of nitriles is 1. The van der Waals surface area contributed by atoms with Crippen LogP contribution in [-0.4, -0.2) is 25.1 Å². The second-order valence-corrected chi connectivity index (χ2v) is 4.11. The molecule has 1 saturated carbocycles. The minimum atomic E-state index is -5.49. The van der Waals surface area contributed by atoms with E-state index in [1.165, 1.54) is 0 Å². The minimum absolute atomic E-state index is 0.0879. The van der Waals surface area contributed by atoms with Crippen LogP contribution in [0.4, 0.5) is 26.3 Å². The van der Waals surface area contributed by atoms with Crippen LogP contribution in [0.1, 0.15) is 19.3 Å². The molecule has 0 spiro atoms. The Kier molecular flexibility index (Phi) is 3.62. The molecule has 0 bridgehead atoms. The molecular formula is C9H9F6NO. The molecule has 0 aliphatic heterocycles. The summed E-state index contributed by atoms with van der Waals surface area (Å²) in [5.41, 5.74) is -0.816. The van der Waals surface area contributed by atoms with Gasteiger partial charge in [-0.1, -0.05) is 0 Å². The molecule has 1 rings (SSSR count). The van der Waals surface area contributed by atoms with E-state index in [2.05, 4.69) is 4.74 Å². The van der Waals surface area contributed by atoms with Crippen molar-refractivity contribution < 1.29 is 31.1 Å². The Bertz CT molecular complexity index is 297. The Balaban J connectivity index is 2.61. The van der Waals surface area contributed by atoms with Crippen molar-refractivity contribution in [2.45, 2.75) is 37.7 Å². The molecule has 0 amide bonds.